The van der Waals surface area contributed by atoms with Gasteiger partial charge in [-0.1, -0.05) is 12.8 Å². The van der Waals surface area contributed by atoms with E-state index in [1.807, 2.05) is 6.92 Å². The van der Waals surface area contributed by atoms with Gasteiger partial charge in [0.2, 0.25) is 0 Å². The third-order valence-corrected chi connectivity index (χ3v) is 3.21. The lowest BCUT2D eigenvalue weighted by Crippen LogP contribution is -2.06. The van der Waals surface area contributed by atoms with Gasteiger partial charge in [0.15, 0.2) is 0 Å². The first kappa shape index (κ1) is 10.6. The van der Waals surface area contributed by atoms with Crippen LogP contribution >= 0.6 is 0 Å². The maximum absolute atomic E-state index is 9.48. The predicted molar refractivity (Wildman–Crippen MR) is 58.6 cm³/mol. The summed E-state index contributed by atoms with van der Waals surface area (Å²) in [6, 6.07) is 0. The number of aliphatic hydroxyl groups excluding tert-OH is 1. The second-order valence-corrected chi connectivity index (χ2v) is 4.43. The van der Waals surface area contributed by atoms with Crippen LogP contribution in [0.1, 0.15) is 61.7 Å². The largest absolute Gasteiger partial charge is 0.389 e. The van der Waals surface area contributed by atoms with Gasteiger partial charge >= 0.3 is 0 Å². The molecule has 1 aromatic heterocycles. The van der Waals surface area contributed by atoms with Crippen LogP contribution in [-0.2, 0) is 0 Å². The van der Waals surface area contributed by atoms with E-state index in [0.717, 1.165) is 17.1 Å². The fourth-order valence-electron chi connectivity index (χ4n) is 2.29. The normalized spacial score (nSPS) is 19.4. The minimum absolute atomic E-state index is 0.470. The highest BCUT2D eigenvalue weighted by Gasteiger charge is 2.20. The summed E-state index contributed by atoms with van der Waals surface area (Å²) in [5.74, 6) is 1.51. The fourth-order valence-corrected chi connectivity index (χ4v) is 2.29. The topological polar surface area (TPSA) is 46.0 Å². The number of hydrogen-bond acceptors (Lipinski definition) is 3. The van der Waals surface area contributed by atoms with Crippen molar-refractivity contribution in [2.24, 2.45) is 0 Å². The van der Waals surface area contributed by atoms with Crippen molar-refractivity contribution in [1.82, 2.24) is 9.97 Å². The molecular formula is C12H18N2O. The zero-order chi connectivity index (χ0) is 10.8. The van der Waals surface area contributed by atoms with Crippen molar-refractivity contribution in [3.05, 3.63) is 23.3 Å². The van der Waals surface area contributed by atoms with Crippen molar-refractivity contribution in [3.63, 3.8) is 0 Å². The number of aromatic nitrogens is 2. The van der Waals surface area contributed by atoms with Crippen LogP contribution < -0.4 is 0 Å². The van der Waals surface area contributed by atoms with Crippen LogP contribution in [0.5, 0.6) is 0 Å². The third-order valence-electron chi connectivity index (χ3n) is 3.21. The molecule has 0 unspecified atom stereocenters. The molecule has 1 aliphatic carbocycles. The smallest absolute Gasteiger partial charge is 0.131 e. The van der Waals surface area contributed by atoms with Gasteiger partial charge in [-0.15, -0.1) is 0 Å². The number of nitrogens with zero attached hydrogens (tertiary/aromatic N) is 2. The number of aliphatic hydroxyl groups is 1. The molecule has 1 aromatic rings. The van der Waals surface area contributed by atoms with Gasteiger partial charge in [0, 0.05) is 23.4 Å². The lowest BCUT2D eigenvalue weighted by atomic mass is 10.1. The van der Waals surface area contributed by atoms with Gasteiger partial charge in [-0.2, -0.15) is 0 Å². The van der Waals surface area contributed by atoms with Gasteiger partial charge in [0.05, 0.1) is 6.10 Å². The van der Waals surface area contributed by atoms with E-state index < -0.39 is 6.10 Å². The molecule has 1 saturated carbocycles. The molecule has 0 aromatic carbocycles. The summed E-state index contributed by atoms with van der Waals surface area (Å²) in [7, 11) is 0. The standard InChI is InChI=1S/C12H18N2O/c1-8-11(9(2)15)7-13-12(14-8)10-5-3-4-6-10/h7,9-10,15H,3-6H2,1-2H3/t9-/m1/s1. The number of hydrogen-bond donors (Lipinski definition) is 1. The van der Waals surface area contributed by atoms with Crippen LogP contribution in [0.3, 0.4) is 0 Å². The van der Waals surface area contributed by atoms with Crippen molar-refractivity contribution >= 4 is 0 Å². The van der Waals surface area contributed by atoms with E-state index in [-0.39, 0.29) is 0 Å². The molecule has 0 radical (unpaired) electrons. The quantitative estimate of drug-likeness (QED) is 0.808. The molecule has 1 atom stereocenters. The first-order chi connectivity index (χ1) is 7.18. The maximum atomic E-state index is 9.48. The Morgan fingerprint density at radius 1 is 1.40 bits per heavy atom. The molecule has 1 N–H and O–H groups in total. The predicted octanol–water partition coefficient (Wildman–Crippen LogP) is 2.50. The molecule has 0 amide bonds. The molecule has 0 saturated heterocycles. The van der Waals surface area contributed by atoms with Gasteiger partial charge in [-0.05, 0) is 26.7 Å². The minimum atomic E-state index is -0.470. The Morgan fingerprint density at radius 2 is 2.07 bits per heavy atom. The van der Waals surface area contributed by atoms with Gasteiger partial charge in [0.25, 0.3) is 0 Å². The fraction of sp³-hybridized carbons (Fsp3) is 0.667. The van der Waals surface area contributed by atoms with Crippen LogP contribution in [-0.4, -0.2) is 15.1 Å². The van der Waals surface area contributed by atoms with Crippen LogP contribution in [0.2, 0.25) is 0 Å². The van der Waals surface area contributed by atoms with E-state index in [2.05, 4.69) is 9.97 Å². The van der Waals surface area contributed by atoms with E-state index in [1.165, 1.54) is 25.7 Å². The molecule has 1 fully saturated rings. The summed E-state index contributed by atoms with van der Waals surface area (Å²) in [5, 5.41) is 9.48. The highest BCUT2D eigenvalue weighted by atomic mass is 16.3. The summed E-state index contributed by atoms with van der Waals surface area (Å²) in [5.41, 5.74) is 1.76. The molecule has 3 nitrogen and oxygen atoms in total. The Bertz CT molecular complexity index is 343. The van der Waals surface area contributed by atoms with E-state index in [1.54, 1.807) is 13.1 Å². The Balaban J connectivity index is 2.24. The second-order valence-electron chi connectivity index (χ2n) is 4.43. The van der Waals surface area contributed by atoms with E-state index in [0.29, 0.717) is 5.92 Å². The van der Waals surface area contributed by atoms with Gasteiger partial charge in [0.1, 0.15) is 5.82 Å². The Kier molecular flexibility index (Phi) is 3.00. The highest BCUT2D eigenvalue weighted by molar-refractivity contribution is 5.19. The summed E-state index contributed by atoms with van der Waals surface area (Å²) < 4.78 is 0. The average molecular weight is 206 g/mol. The maximum Gasteiger partial charge on any atom is 0.131 e. The molecule has 3 heteroatoms. The van der Waals surface area contributed by atoms with Crippen LogP contribution in [0.4, 0.5) is 0 Å². The summed E-state index contributed by atoms with van der Waals surface area (Å²) in [6.45, 7) is 3.70. The van der Waals surface area contributed by atoms with Gasteiger partial charge in [-0.25, -0.2) is 9.97 Å². The first-order valence-corrected chi connectivity index (χ1v) is 5.70. The van der Waals surface area contributed by atoms with Crippen molar-refractivity contribution in [3.8, 4) is 0 Å². The average Bonchev–Trinajstić information content (AvgIpc) is 2.69. The van der Waals surface area contributed by atoms with Gasteiger partial charge < -0.3 is 5.11 Å². The zero-order valence-corrected chi connectivity index (χ0v) is 9.40. The van der Waals surface area contributed by atoms with E-state index in [9.17, 15) is 5.11 Å². The molecule has 2 rings (SSSR count). The highest BCUT2D eigenvalue weighted by Crippen LogP contribution is 2.32. The Labute approximate surface area is 90.6 Å². The Morgan fingerprint density at radius 3 is 2.60 bits per heavy atom. The van der Waals surface area contributed by atoms with Crippen LogP contribution in [0.15, 0.2) is 6.20 Å². The molecule has 1 heterocycles. The van der Waals surface area contributed by atoms with Crippen LogP contribution in [0, 0.1) is 6.92 Å². The summed E-state index contributed by atoms with van der Waals surface area (Å²) >= 11 is 0. The Hall–Kier alpha value is -0.960. The molecular weight excluding hydrogens is 188 g/mol. The van der Waals surface area contributed by atoms with E-state index in [4.69, 9.17) is 0 Å². The lowest BCUT2D eigenvalue weighted by molar-refractivity contribution is 0.197. The first-order valence-electron chi connectivity index (χ1n) is 5.70. The molecule has 0 aliphatic heterocycles. The van der Waals surface area contributed by atoms with Crippen molar-refractivity contribution in [2.45, 2.75) is 51.6 Å². The molecule has 15 heavy (non-hydrogen) atoms. The zero-order valence-electron chi connectivity index (χ0n) is 9.40. The number of aryl methyl sites for hydroxylation is 1. The molecule has 1 aliphatic rings. The third kappa shape index (κ3) is 2.17. The van der Waals surface area contributed by atoms with Gasteiger partial charge in [-0.3, -0.25) is 0 Å². The summed E-state index contributed by atoms with van der Waals surface area (Å²) in [6.07, 6.45) is 6.33. The SMILES string of the molecule is Cc1nc(C2CCCC2)ncc1[C@@H](C)O. The lowest BCUT2D eigenvalue weighted by Gasteiger charge is -2.12. The summed E-state index contributed by atoms with van der Waals surface area (Å²) in [4.78, 5) is 8.88. The second kappa shape index (κ2) is 4.27. The minimum Gasteiger partial charge on any atom is -0.389 e. The monoisotopic (exact) mass is 206 g/mol. The van der Waals surface area contributed by atoms with Crippen molar-refractivity contribution in [2.75, 3.05) is 0 Å². The van der Waals surface area contributed by atoms with E-state index >= 15 is 0 Å². The van der Waals surface area contributed by atoms with Crippen molar-refractivity contribution in [1.29, 1.82) is 0 Å². The molecule has 82 valence electrons. The number of rotatable bonds is 2. The van der Waals surface area contributed by atoms with Crippen molar-refractivity contribution < 1.29 is 5.11 Å². The van der Waals surface area contributed by atoms with Crippen LogP contribution in [0.25, 0.3) is 0 Å². The molecule has 0 spiro atoms. The molecule has 0 bridgehead atoms.